The van der Waals surface area contributed by atoms with Gasteiger partial charge in [-0.05, 0) is 44.2 Å². The zero-order chi connectivity index (χ0) is 13.0. The van der Waals surface area contributed by atoms with E-state index in [2.05, 4.69) is 23.0 Å². The van der Waals surface area contributed by atoms with Gasteiger partial charge in [-0.15, -0.1) is 5.10 Å². The number of nitrogens with two attached hydrogens (primary N) is 1. The predicted molar refractivity (Wildman–Crippen MR) is 74.2 cm³/mol. The molecule has 0 aliphatic carbocycles. The second kappa shape index (κ2) is 3.93. The lowest BCUT2D eigenvalue weighted by atomic mass is 9.99. The Balaban J connectivity index is 1.77. The van der Waals surface area contributed by atoms with Crippen LogP contribution in [0.2, 0.25) is 0 Å². The Morgan fingerprint density at radius 2 is 2.00 bits per heavy atom. The van der Waals surface area contributed by atoms with Gasteiger partial charge in [-0.3, -0.25) is 0 Å². The van der Waals surface area contributed by atoms with Gasteiger partial charge in [0.15, 0.2) is 5.65 Å². The number of nitrogens with zero attached hydrogens (tertiary/aromatic N) is 4. The number of anilines is 1. The predicted octanol–water partition coefficient (Wildman–Crippen LogP) is 1.50. The molecule has 100 valence electrons. The molecule has 2 aliphatic heterocycles. The largest absolute Gasteiger partial charge is 0.333 e. The van der Waals surface area contributed by atoms with Crippen LogP contribution < -0.4 is 10.6 Å². The van der Waals surface area contributed by atoms with E-state index in [1.807, 2.05) is 16.8 Å². The minimum absolute atomic E-state index is 0.354. The topological polar surface area (TPSA) is 59.5 Å². The van der Waals surface area contributed by atoms with E-state index in [0.29, 0.717) is 18.1 Å². The summed E-state index contributed by atoms with van der Waals surface area (Å²) in [5.41, 5.74) is 8.26. The zero-order valence-electron chi connectivity index (χ0n) is 11.2. The van der Waals surface area contributed by atoms with E-state index in [4.69, 9.17) is 10.7 Å². The van der Waals surface area contributed by atoms with Gasteiger partial charge >= 0.3 is 0 Å². The molecule has 2 saturated heterocycles. The van der Waals surface area contributed by atoms with Crippen molar-refractivity contribution in [1.82, 2.24) is 14.6 Å². The van der Waals surface area contributed by atoms with Crippen LogP contribution in [0.3, 0.4) is 0 Å². The maximum absolute atomic E-state index is 6.12. The highest BCUT2D eigenvalue weighted by Crippen LogP contribution is 2.37. The van der Waals surface area contributed by atoms with E-state index >= 15 is 0 Å². The first kappa shape index (κ1) is 11.2. The smallest absolute Gasteiger partial charge is 0.246 e. The fourth-order valence-electron chi connectivity index (χ4n) is 3.68. The number of aromatic nitrogens is 3. The van der Waals surface area contributed by atoms with E-state index in [-0.39, 0.29) is 0 Å². The van der Waals surface area contributed by atoms with Crippen LogP contribution in [0.25, 0.3) is 5.65 Å². The third-order valence-corrected chi connectivity index (χ3v) is 4.55. The summed E-state index contributed by atoms with van der Waals surface area (Å²) < 4.78 is 1.89. The van der Waals surface area contributed by atoms with E-state index in [9.17, 15) is 0 Å². The fraction of sp³-hybridized carbons (Fsp3) is 0.571. The standard InChI is InChI=1S/C14H19N5/c1-9-3-2-6-18-13(9)16-14(17-18)19-11-4-5-12(19)8-10(15)7-11/h2-3,6,10-12H,4-5,7-8,15H2,1H3. The van der Waals surface area contributed by atoms with E-state index in [1.165, 1.54) is 18.4 Å². The highest BCUT2D eigenvalue weighted by atomic mass is 15.4. The average Bonchev–Trinajstić information content (AvgIpc) is 2.90. The molecule has 2 N–H and O–H groups in total. The van der Waals surface area contributed by atoms with Crippen molar-refractivity contribution in [2.24, 2.45) is 5.73 Å². The third kappa shape index (κ3) is 1.64. The van der Waals surface area contributed by atoms with Gasteiger partial charge in [0.1, 0.15) is 0 Å². The van der Waals surface area contributed by atoms with E-state index in [1.54, 1.807) is 0 Å². The van der Waals surface area contributed by atoms with Gasteiger partial charge in [-0.1, -0.05) is 6.07 Å². The van der Waals surface area contributed by atoms with Crippen molar-refractivity contribution in [3.05, 3.63) is 23.9 Å². The molecule has 0 amide bonds. The quantitative estimate of drug-likeness (QED) is 0.841. The molecule has 19 heavy (non-hydrogen) atoms. The van der Waals surface area contributed by atoms with Gasteiger partial charge in [0.05, 0.1) is 0 Å². The molecule has 0 spiro atoms. The van der Waals surface area contributed by atoms with Gasteiger partial charge in [0.2, 0.25) is 5.95 Å². The van der Waals surface area contributed by atoms with Crippen LogP contribution in [0.15, 0.2) is 18.3 Å². The van der Waals surface area contributed by atoms with Gasteiger partial charge in [0, 0.05) is 24.3 Å². The van der Waals surface area contributed by atoms with Crippen LogP contribution in [-0.4, -0.2) is 32.7 Å². The molecule has 4 heterocycles. The second-order valence-electron chi connectivity index (χ2n) is 5.89. The SMILES string of the molecule is Cc1cccn2nc(N3C4CCC3CC(N)C4)nc12. The van der Waals surface area contributed by atoms with Gasteiger partial charge in [-0.2, -0.15) is 4.98 Å². The Hall–Kier alpha value is -1.62. The van der Waals surface area contributed by atoms with Crippen molar-refractivity contribution in [3.8, 4) is 0 Å². The van der Waals surface area contributed by atoms with Crippen LogP contribution in [0.1, 0.15) is 31.2 Å². The van der Waals surface area contributed by atoms with Crippen LogP contribution in [-0.2, 0) is 0 Å². The number of aryl methyl sites for hydroxylation is 1. The summed E-state index contributed by atoms with van der Waals surface area (Å²) in [6.07, 6.45) is 6.58. The second-order valence-corrected chi connectivity index (χ2v) is 5.89. The molecule has 5 nitrogen and oxygen atoms in total. The van der Waals surface area contributed by atoms with Crippen LogP contribution >= 0.6 is 0 Å². The summed E-state index contributed by atoms with van der Waals surface area (Å²) in [4.78, 5) is 7.15. The zero-order valence-corrected chi connectivity index (χ0v) is 11.2. The Bertz CT molecular complexity index is 605. The normalized spacial score (nSPS) is 30.2. The Morgan fingerprint density at radius 3 is 2.68 bits per heavy atom. The number of hydrogen-bond acceptors (Lipinski definition) is 4. The lowest BCUT2D eigenvalue weighted by Crippen LogP contribution is -2.48. The van der Waals surface area contributed by atoms with Crippen LogP contribution in [0.4, 0.5) is 5.95 Å². The Kier molecular flexibility index (Phi) is 2.33. The molecule has 2 aromatic rings. The maximum Gasteiger partial charge on any atom is 0.246 e. The Labute approximate surface area is 112 Å². The monoisotopic (exact) mass is 257 g/mol. The number of piperidine rings is 1. The average molecular weight is 257 g/mol. The first-order valence-electron chi connectivity index (χ1n) is 7.08. The van der Waals surface area contributed by atoms with E-state index in [0.717, 1.165) is 24.4 Å². The lowest BCUT2D eigenvalue weighted by Gasteiger charge is -2.36. The third-order valence-electron chi connectivity index (χ3n) is 4.55. The molecule has 2 unspecified atom stereocenters. The van der Waals surface area contributed by atoms with Gasteiger partial charge < -0.3 is 10.6 Å². The van der Waals surface area contributed by atoms with Crippen molar-refractivity contribution in [2.45, 2.75) is 50.7 Å². The molecule has 2 aromatic heterocycles. The first-order chi connectivity index (χ1) is 9.22. The van der Waals surface area contributed by atoms with Gasteiger partial charge in [0.25, 0.3) is 0 Å². The van der Waals surface area contributed by atoms with Gasteiger partial charge in [-0.25, -0.2) is 4.52 Å². The number of rotatable bonds is 1. The summed E-state index contributed by atoms with van der Waals surface area (Å²) >= 11 is 0. The van der Waals surface area contributed by atoms with Crippen molar-refractivity contribution in [2.75, 3.05) is 4.90 Å². The summed E-state index contributed by atoms with van der Waals surface area (Å²) in [5.74, 6) is 0.883. The van der Waals surface area contributed by atoms with Crippen molar-refractivity contribution < 1.29 is 0 Å². The summed E-state index contributed by atoms with van der Waals surface area (Å²) in [6.45, 7) is 2.08. The highest BCUT2D eigenvalue weighted by molar-refractivity contribution is 5.52. The minimum Gasteiger partial charge on any atom is -0.333 e. The first-order valence-corrected chi connectivity index (χ1v) is 7.08. The molecule has 5 heteroatoms. The van der Waals surface area contributed by atoms with Crippen molar-refractivity contribution >= 4 is 11.6 Å². The summed E-state index contributed by atoms with van der Waals surface area (Å²) in [5, 5.41) is 4.65. The maximum atomic E-state index is 6.12. The molecule has 0 saturated carbocycles. The van der Waals surface area contributed by atoms with E-state index < -0.39 is 0 Å². The lowest BCUT2D eigenvalue weighted by molar-refractivity contribution is 0.409. The van der Waals surface area contributed by atoms with Crippen molar-refractivity contribution in [3.63, 3.8) is 0 Å². The molecule has 2 fully saturated rings. The Morgan fingerprint density at radius 1 is 1.26 bits per heavy atom. The minimum atomic E-state index is 0.354. The number of fused-ring (bicyclic) bond motifs is 3. The fourth-order valence-corrected chi connectivity index (χ4v) is 3.68. The summed E-state index contributed by atoms with van der Waals surface area (Å²) in [7, 11) is 0. The summed E-state index contributed by atoms with van der Waals surface area (Å²) in [6, 6.07) is 5.52. The molecule has 2 atom stereocenters. The van der Waals surface area contributed by atoms with Crippen LogP contribution in [0.5, 0.6) is 0 Å². The highest BCUT2D eigenvalue weighted by Gasteiger charge is 2.41. The molecule has 0 aromatic carbocycles. The number of hydrogen-bond donors (Lipinski definition) is 1. The molecule has 4 rings (SSSR count). The molecular weight excluding hydrogens is 238 g/mol. The van der Waals surface area contributed by atoms with Crippen molar-refractivity contribution in [1.29, 1.82) is 0 Å². The molecule has 0 radical (unpaired) electrons. The molecular formula is C14H19N5. The number of pyridine rings is 1. The molecule has 2 aliphatic rings. The van der Waals surface area contributed by atoms with Crippen LogP contribution in [0, 0.1) is 6.92 Å². The molecule has 2 bridgehead atoms.